The third kappa shape index (κ3) is 3.15. The maximum atomic E-state index is 12.6. The highest BCUT2D eigenvalue weighted by molar-refractivity contribution is 6.31. The highest BCUT2D eigenvalue weighted by atomic mass is 35.5. The molecule has 0 radical (unpaired) electrons. The second-order valence-electron chi connectivity index (χ2n) is 2.78. The quantitative estimate of drug-likeness (QED) is 0.370. The third-order valence-corrected chi connectivity index (χ3v) is 1.91. The van der Waals surface area contributed by atoms with Crippen molar-refractivity contribution in [2.45, 2.75) is 12.8 Å². The van der Waals surface area contributed by atoms with Crippen molar-refractivity contribution >= 4 is 17.3 Å². The molecule has 0 spiro atoms. The van der Waals surface area contributed by atoms with E-state index in [1.54, 1.807) is 0 Å². The molecular weight excluding hydrogens is 291 g/mol. The number of hydrogen-bond acceptors (Lipinski definition) is 4. The molecule has 1 aromatic heterocycles. The fourth-order valence-corrected chi connectivity index (χ4v) is 1.28. The van der Waals surface area contributed by atoms with Crippen LogP contribution in [0.1, 0.15) is 12.0 Å². The number of aromatic nitrogens is 1. The van der Waals surface area contributed by atoms with Gasteiger partial charge in [0.1, 0.15) is 5.56 Å². The molecule has 0 aliphatic heterocycles. The predicted octanol–water partition coefficient (Wildman–Crippen LogP) is 3.48. The molecule has 1 aromatic rings. The topological polar surface area (TPSA) is 65.3 Å². The molecule has 100 valence electrons. The highest BCUT2D eigenvalue weighted by Gasteiger charge is 2.37. The molecule has 0 N–H and O–H groups in total. The summed E-state index contributed by atoms with van der Waals surface area (Å²) < 4.78 is 64.1. The number of halogens is 6. The minimum atomic E-state index is -5.28. The molecule has 0 fully saturated rings. The number of rotatable bonds is 3. The first-order valence-electron chi connectivity index (χ1n) is 4.00. The fourth-order valence-electron chi connectivity index (χ4n) is 1.06. The van der Waals surface area contributed by atoms with E-state index >= 15 is 0 Å². The van der Waals surface area contributed by atoms with Gasteiger partial charge in [0.05, 0.1) is 11.1 Å². The first-order valence-corrected chi connectivity index (χ1v) is 4.38. The van der Waals surface area contributed by atoms with Gasteiger partial charge in [-0.25, -0.2) is 13.8 Å². The van der Waals surface area contributed by atoms with Gasteiger partial charge in [0.25, 0.3) is 6.43 Å². The number of alkyl halides is 5. The van der Waals surface area contributed by atoms with Crippen LogP contribution in [0.2, 0.25) is 5.15 Å². The molecule has 0 aliphatic carbocycles. The molecule has 11 heteroatoms. The number of hydrogen-bond donors (Lipinski definition) is 0. The molecule has 1 heterocycles. The standard InChI is InChI=1S/C7H2ClF5N2O3/c8-5-4(15(16)17)3(6(9)10)2(1-14-5)18-7(11,12)13/h1,6H. The monoisotopic (exact) mass is 292 g/mol. The Balaban J connectivity index is 3.44. The summed E-state index contributed by atoms with van der Waals surface area (Å²) in [5.41, 5.74) is -2.99. The van der Waals surface area contributed by atoms with Gasteiger partial charge in [-0.2, -0.15) is 0 Å². The largest absolute Gasteiger partial charge is 0.573 e. The Kier molecular flexibility index (Phi) is 3.89. The first kappa shape index (κ1) is 14.4. The Hall–Kier alpha value is -1.71. The summed E-state index contributed by atoms with van der Waals surface area (Å²) in [4.78, 5) is 12.1. The van der Waals surface area contributed by atoms with Gasteiger partial charge in [-0.1, -0.05) is 11.6 Å². The van der Waals surface area contributed by atoms with Crippen molar-refractivity contribution in [1.82, 2.24) is 4.98 Å². The Morgan fingerprint density at radius 3 is 2.39 bits per heavy atom. The van der Waals surface area contributed by atoms with Crippen molar-refractivity contribution in [3.8, 4) is 5.75 Å². The fraction of sp³-hybridized carbons (Fsp3) is 0.286. The molecule has 0 atom stereocenters. The number of ether oxygens (including phenoxy) is 1. The van der Waals surface area contributed by atoms with Crippen LogP contribution in [0.3, 0.4) is 0 Å². The van der Waals surface area contributed by atoms with Gasteiger partial charge in [-0.3, -0.25) is 10.1 Å². The van der Waals surface area contributed by atoms with E-state index in [0.29, 0.717) is 0 Å². The van der Waals surface area contributed by atoms with Crippen LogP contribution in [-0.2, 0) is 0 Å². The van der Waals surface area contributed by atoms with E-state index in [1.807, 2.05) is 0 Å². The zero-order chi connectivity index (χ0) is 14.1. The zero-order valence-corrected chi connectivity index (χ0v) is 8.80. The van der Waals surface area contributed by atoms with Gasteiger partial charge in [-0.15, -0.1) is 13.2 Å². The van der Waals surface area contributed by atoms with Crippen molar-refractivity contribution in [3.63, 3.8) is 0 Å². The minimum Gasteiger partial charge on any atom is -0.403 e. The Morgan fingerprint density at radius 2 is 2.00 bits per heavy atom. The summed E-state index contributed by atoms with van der Waals surface area (Å²) in [6, 6.07) is 0. The normalized spacial score (nSPS) is 11.7. The lowest BCUT2D eigenvalue weighted by atomic mass is 10.2. The maximum Gasteiger partial charge on any atom is 0.573 e. The zero-order valence-electron chi connectivity index (χ0n) is 8.04. The number of pyridine rings is 1. The minimum absolute atomic E-state index is 0.240. The van der Waals surface area contributed by atoms with Gasteiger partial charge in [0.15, 0.2) is 5.75 Å². The molecular formula is C7H2ClF5N2O3. The van der Waals surface area contributed by atoms with E-state index in [9.17, 15) is 32.1 Å². The van der Waals surface area contributed by atoms with Crippen LogP contribution in [0, 0.1) is 10.1 Å². The van der Waals surface area contributed by atoms with Crippen molar-refractivity contribution in [3.05, 3.63) is 27.0 Å². The van der Waals surface area contributed by atoms with Gasteiger partial charge in [-0.05, 0) is 0 Å². The summed E-state index contributed by atoms with van der Waals surface area (Å²) in [5.74, 6) is -1.46. The van der Waals surface area contributed by atoms with Gasteiger partial charge in [0.2, 0.25) is 5.15 Å². The molecule has 18 heavy (non-hydrogen) atoms. The Labute approximate surface area is 100 Å². The van der Waals surface area contributed by atoms with Crippen molar-refractivity contribution < 1.29 is 31.6 Å². The Bertz CT molecular complexity index is 479. The van der Waals surface area contributed by atoms with E-state index in [1.165, 1.54) is 0 Å². The third-order valence-electron chi connectivity index (χ3n) is 1.64. The van der Waals surface area contributed by atoms with Crippen LogP contribution < -0.4 is 4.74 Å². The van der Waals surface area contributed by atoms with Crippen LogP contribution in [-0.4, -0.2) is 16.3 Å². The summed E-state index contributed by atoms with van der Waals surface area (Å²) >= 11 is 5.19. The second kappa shape index (κ2) is 4.88. The highest BCUT2D eigenvalue weighted by Crippen LogP contribution is 2.41. The van der Waals surface area contributed by atoms with Gasteiger partial charge < -0.3 is 4.74 Å². The number of nitro groups is 1. The second-order valence-corrected chi connectivity index (χ2v) is 3.14. The molecule has 5 nitrogen and oxygen atoms in total. The van der Waals surface area contributed by atoms with E-state index in [4.69, 9.17) is 11.6 Å². The lowest BCUT2D eigenvalue weighted by Gasteiger charge is -2.12. The molecule has 0 aliphatic rings. The smallest absolute Gasteiger partial charge is 0.403 e. The predicted molar refractivity (Wildman–Crippen MR) is 47.5 cm³/mol. The average molecular weight is 293 g/mol. The summed E-state index contributed by atoms with van der Waals surface area (Å²) in [5, 5.41) is 9.52. The molecule has 0 saturated carbocycles. The maximum absolute atomic E-state index is 12.6. The molecule has 0 amide bonds. The van der Waals surface area contributed by atoms with Gasteiger partial charge in [0, 0.05) is 0 Å². The van der Waals surface area contributed by atoms with E-state index < -0.39 is 39.9 Å². The van der Waals surface area contributed by atoms with Crippen molar-refractivity contribution in [2.75, 3.05) is 0 Å². The molecule has 0 unspecified atom stereocenters. The van der Waals surface area contributed by atoms with Crippen LogP contribution in [0.15, 0.2) is 6.20 Å². The summed E-state index contributed by atoms with van der Waals surface area (Å²) in [7, 11) is 0. The van der Waals surface area contributed by atoms with Crippen LogP contribution in [0.5, 0.6) is 5.75 Å². The molecule has 0 bridgehead atoms. The Morgan fingerprint density at radius 1 is 1.44 bits per heavy atom. The van der Waals surface area contributed by atoms with E-state index in [0.717, 1.165) is 0 Å². The molecule has 0 aromatic carbocycles. The first-order chi connectivity index (χ1) is 8.13. The summed E-state index contributed by atoms with van der Waals surface area (Å²) in [6.45, 7) is 0. The van der Waals surface area contributed by atoms with Crippen LogP contribution in [0.4, 0.5) is 27.6 Å². The lowest BCUT2D eigenvalue weighted by Crippen LogP contribution is -2.19. The van der Waals surface area contributed by atoms with Crippen LogP contribution in [0.25, 0.3) is 0 Å². The number of nitrogens with zero attached hydrogens (tertiary/aromatic N) is 2. The molecule has 1 rings (SSSR count). The van der Waals surface area contributed by atoms with E-state index in [-0.39, 0.29) is 6.20 Å². The van der Waals surface area contributed by atoms with Crippen molar-refractivity contribution in [2.24, 2.45) is 0 Å². The van der Waals surface area contributed by atoms with E-state index in [2.05, 4.69) is 9.72 Å². The summed E-state index contributed by atoms with van der Waals surface area (Å²) in [6.07, 6.45) is -8.62. The van der Waals surface area contributed by atoms with Crippen LogP contribution >= 0.6 is 11.6 Å². The average Bonchev–Trinajstić information content (AvgIpc) is 2.17. The van der Waals surface area contributed by atoms with Gasteiger partial charge >= 0.3 is 12.0 Å². The molecule has 0 saturated heterocycles. The lowest BCUT2D eigenvalue weighted by molar-refractivity contribution is -0.386. The van der Waals surface area contributed by atoms with Crippen molar-refractivity contribution in [1.29, 1.82) is 0 Å². The SMILES string of the molecule is O=[N+]([O-])c1c(Cl)ncc(OC(F)(F)F)c1C(F)F.